The Hall–Kier alpha value is -1.54. The van der Waals surface area contributed by atoms with E-state index in [1.807, 2.05) is 27.2 Å². The van der Waals surface area contributed by atoms with Gasteiger partial charge >= 0.3 is 0 Å². The number of carbonyl (C=O) groups is 1. The Bertz CT molecular complexity index is 1260. The Labute approximate surface area is 429 Å². The monoisotopic (exact) mass is 991 g/mol. The Morgan fingerprint density at radius 1 is 0.507 bits per heavy atom. The Morgan fingerprint density at radius 3 is 1.22 bits per heavy atom. The molecular weight excluding hydrogens is 876 g/mol. The minimum atomic E-state index is -4.59. The van der Waals surface area contributed by atoms with Gasteiger partial charge in [0, 0.05) is 6.42 Å². The number of phosphoric acid groups is 1. The molecule has 0 aromatic carbocycles. The molecule has 0 spiro atoms. The highest BCUT2D eigenvalue weighted by Crippen LogP contribution is 2.38. The van der Waals surface area contributed by atoms with Gasteiger partial charge in [-0.1, -0.05) is 262 Å². The summed E-state index contributed by atoms with van der Waals surface area (Å²) in [7, 11) is 1.27. The molecule has 9 heteroatoms. The number of hydrogen-bond acceptors (Lipinski definition) is 6. The molecule has 0 aromatic rings. The summed E-state index contributed by atoms with van der Waals surface area (Å²) in [6.45, 7) is 4.66. The fourth-order valence-corrected chi connectivity index (χ4v) is 9.36. The first-order valence-corrected chi connectivity index (χ1v) is 31.0. The van der Waals surface area contributed by atoms with Crippen LogP contribution < -0.4 is 10.2 Å². The first-order chi connectivity index (χ1) is 33.5. The fraction of sp³-hybridized carbons (Fsp3) is 0.850. The highest BCUT2D eigenvalue weighted by atomic mass is 31.2. The number of nitrogens with zero attached hydrogens (tertiary/aromatic N) is 1. The first kappa shape index (κ1) is 67.5. The van der Waals surface area contributed by atoms with Crippen molar-refractivity contribution >= 4 is 13.7 Å². The van der Waals surface area contributed by atoms with Gasteiger partial charge in [0.05, 0.1) is 39.9 Å². The van der Waals surface area contributed by atoms with Gasteiger partial charge in [0.25, 0.3) is 7.82 Å². The van der Waals surface area contributed by atoms with Crippen LogP contribution in [0.25, 0.3) is 0 Å². The molecule has 0 aromatic heterocycles. The predicted octanol–water partition coefficient (Wildman–Crippen LogP) is 17.3. The maximum Gasteiger partial charge on any atom is 0.268 e. The summed E-state index contributed by atoms with van der Waals surface area (Å²) >= 11 is 0. The van der Waals surface area contributed by atoms with Gasteiger partial charge in [-0.3, -0.25) is 9.36 Å². The number of allylic oxidation sites excluding steroid dienone is 7. The molecule has 3 atom stereocenters. The molecule has 0 rings (SSSR count). The van der Waals surface area contributed by atoms with Crippen molar-refractivity contribution in [1.29, 1.82) is 0 Å². The van der Waals surface area contributed by atoms with Crippen LogP contribution >= 0.6 is 7.82 Å². The molecule has 0 heterocycles. The van der Waals surface area contributed by atoms with Crippen molar-refractivity contribution in [1.82, 2.24) is 5.32 Å². The van der Waals surface area contributed by atoms with Gasteiger partial charge in [0.2, 0.25) is 5.91 Å². The molecule has 0 aliphatic carbocycles. The summed E-state index contributed by atoms with van der Waals surface area (Å²) < 4.78 is 23.3. The van der Waals surface area contributed by atoms with Crippen LogP contribution in [-0.4, -0.2) is 68.5 Å². The number of unbranched alkanes of at least 4 members (excludes halogenated alkanes) is 35. The molecule has 0 radical (unpaired) electrons. The number of aliphatic hydroxyl groups excluding tert-OH is 1. The van der Waals surface area contributed by atoms with Gasteiger partial charge in [-0.15, -0.1) is 0 Å². The average molecular weight is 992 g/mol. The smallest absolute Gasteiger partial charge is 0.268 e. The van der Waals surface area contributed by atoms with Crippen molar-refractivity contribution in [2.45, 2.75) is 289 Å². The van der Waals surface area contributed by atoms with Gasteiger partial charge < -0.3 is 28.8 Å². The maximum atomic E-state index is 13.0. The van der Waals surface area contributed by atoms with E-state index in [0.717, 1.165) is 51.4 Å². The molecule has 2 N–H and O–H groups in total. The number of nitrogens with one attached hydrogen (secondary N) is 1. The second kappa shape index (κ2) is 51.4. The predicted molar refractivity (Wildman–Crippen MR) is 298 cm³/mol. The normalized spacial score (nSPS) is 14.2. The lowest BCUT2D eigenvalue weighted by Crippen LogP contribution is -2.45. The number of quaternary nitrogens is 1. The van der Waals surface area contributed by atoms with Crippen molar-refractivity contribution in [2.75, 3.05) is 40.9 Å². The second-order valence-corrected chi connectivity index (χ2v) is 22.8. The number of likely N-dealkylation sites (N-methyl/N-ethyl adjacent to an activating group) is 1. The second-order valence-electron chi connectivity index (χ2n) is 21.4. The minimum Gasteiger partial charge on any atom is -0.756 e. The first-order valence-electron chi connectivity index (χ1n) is 29.5. The Kier molecular flexibility index (Phi) is 50.2. The largest absolute Gasteiger partial charge is 0.756 e. The molecule has 8 nitrogen and oxygen atoms in total. The van der Waals surface area contributed by atoms with E-state index in [4.69, 9.17) is 9.05 Å². The number of aliphatic hydroxyl groups is 1. The SMILES string of the molecule is CCCCCCC/C=C\C/C=C\C/C=C\CCCCCCCCCCCCCCCCCCC(=O)NC(COP(=O)([O-])OCC[N+](C)(C)C)C(O)/C=C/CCCCCCCCCCCCCCCC. The van der Waals surface area contributed by atoms with E-state index in [1.165, 1.54) is 205 Å². The van der Waals surface area contributed by atoms with E-state index in [0.29, 0.717) is 17.4 Å². The summed E-state index contributed by atoms with van der Waals surface area (Å²) in [5.74, 6) is -0.195. The van der Waals surface area contributed by atoms with Crippen molar-refractivity contribution in [2.24, 2.45) is 0 Å². The number of rotatable bonds is 54. The van der Waals surface area contributed by atoms with Crippen LogP contribution in [0.2, 0.25) is 0 Å². The number of phosphoric ester groups is 1. The van der Waals surface area contributed by atoms with E-state index in [9.17, 15) is 19.4 Å². The number of amides is 1. The number of carbonyl (C=O) groups excluding carboxylic acids is 1. The molecule has 3 unspecified atom stereocenters. The third kappa shape index (κ3) is 54.1. The van der Waals surface area contributed by atoms with Crippen molar-refractivity contribution in [3.63, 3.8) is 0 Å². The van der Waals surface area contributed by atoms with Crippen LogP contribution in [0.4, 0.5) is 0 Å². The van der Waals surface area contributed by atoms with Crippen molar-refractivity contribution < 1.29 is 32.9 Å². The molecule has 0 aliphatic rings. The van der Waals surface area contributed by atoms with Gasteiger partial charge in [0.15, 0.2) is 0 Å². The quantitative estimate of drug-likeness (QED) is 0.0272. The van der Waals surface area contributed by atoms with E-state index >= 15 is 0 Å². The van der Waals surface area contributed by atoms with Crippen LogP contribution in [0.1, 0.15) is 277 Å². The van der Waals surface area contributed by atoms with Crippen LogP contribution in [0.5, 0.6) is 0 Å². The third-order valence-electron chi connectivity index (χ3n) is 13.3. The van der Waals surface area contributed by atoms with Gasteiger partial charge in [0.1, 0.15) is 13.2 Å². The third-order valence-corrected chi connectivity index (χ3v) is 14.2. The van der Waals surface area contributed by atoms with Crippen LogP contribution in [0.3, 0.4) is 0 Å². The minimum absolute atomic E-state index is 0.000658. The maximum absolute atomic E-state index is 13.0. The summed E-state index contributed by atoms with van der Waals surface area (Å²) in [6.07, 6.45) is 67.6. The zero-order chi connectivity index (χ0) is 50.6. The molecule has 0 fully saturated rings. The lowest BCUT2D eigenvalue weighted by atomic mass is 10.0. The van der Waals surface area contributed by atoms with E-state index < -0.39 is 20.0 Å². The highest BCUT2D eigenvalue weighted by molar-refractivity contribution is 7.45. The molecular formula is C60H115N2O6P. The Morgan fingerprint density at radius 2 is 0.841 bits per heavy atom. The number of hydrogen-bond donors (Lipinski definition) is 2. The molecule has 1 amide bonds. The topological polar surface area (TPSA) is 108 Å². The molecule has 0 saturated heterocycles. The lowest BCUT2D eigenvalue weighted by Gasteiger charge is -2.29. The lowest BCUT2D eigenvalue weighted by molar-refractivity contribution is -0.870. The van der Waals surface area contributed by atoms with Crippen LogP contribution in [0, 0.1) is 0 Å². The highest BCUT2D eigenvalue weighted by Gasteiger charge is 2.23. The molecule has 69 heavy (non-hydrogen) atoms. The molecule has 0 saturated carbocycles. The van der Waals surface area contributed by atoms with E-state index in [-0.39, 0.29) is 19.1 Å². The Balaban J connectivity index is 4.10. The van der Waals surface area contributed by atoms with Crippen LogP contribution in [-0.2, 0) is 18.4 Å². The average Bonchev–Trinajstić information content (AvgIpc) is 3.31. The van der Waals surface area contributed by atoms with Crippen molar-refractivity contribution in [3.8, 4) is 0 Å². The molecule has 0 bridgehead atoms. The summed E-state index contributed by atoms with van der Waals surface area (Å²) in [5.41, 5.74) is 0. The molecule has 406 valence electrons. The molecule has 0 aliphatic heterocycles. The fourth-order valence-electron chi connectivity index (χ4n) is 8.63. The summed E-state index contributed by atoms with van der Waals surface area (Å²) in [6, 6.07) is -0.886. The standard InChI is InChI=1S/C60H115N2O6P/c1-6-8-10-12-14-16-18-20-22-24-25-26-27-28-29-30-31-32-33-34-35-36-37-38-40-42-44-46-48-50-52-54-60(64)61-58(57-68-69(65,66)67-56-55-62(3,4)5)59(63)53-51-49-47-45-43-41-39-23-21-19-17-15-13-11-9-7-2/h18,20,24-25,27-28,51,53,58-59,63H,6-17,19,21-23,26,29-50,52,54-57H2,1-5H3,(H-,61,64,65,66)/b20-18-,25-24-,28-27-,53-51+. The summed E-state index contributed by atoms with van der Waals surface area (Å²) in [4.78, 5) is 25.5. The summed E-state index contributed by atoms with van der Waals surface area (Å²) in [5, 5.41) is 13.9. The van der Waals surface area contributed by atoms with Gasteiger partial charge in [-0.2, -0.15) is 0 Å². The van der Waals surface area contributed by atoms with Gasteiger partial charge in [-0.05, 0) is 57.8 Å². The van der Waals surface area contributed by atoms with E-state index in [1.54, 1.807) is 6.08 Å². The van der Waals surface area contributed by atoms with Crippen LogP contribution in [0.15, 0.2) is 48.6 Å². The van der Waals surface area contributed by atoms with Gasteiger partial charge in [-0.25, -0.2) is 0 Å². The zero-order valence-corrected chi connectivity index (χ0v) is 47.2. The zero-order valence-electron chi connectivity index (χ0n) is 46.3. The van der Waals surface area contributed by atoms with Crippen molar-refractivity contribution in [3.05, 3.63) is 48.6 Å². The van der Waals surface area contributed by atoms with E-state index in [2.05, 4.69) is 55.6 Å².